The van der Waals surface area contributed by atoms with Crippen LogP contribution >= 0.6 is 0 Å². The van der Waals surface area contributed by atoms with E-state index < -0.39 is 0 Å². The summed E-state index contributed by atoms with van der Waals surface area (Å²) in [7, 11) is 3.49. The summed E-state index contributed by atoms with van der Waals surface area (Å²) in [6, 6.07) is 22.0. The highest BCUT2D eigenvalue weighted by atomic mass is 16.5. The van der Waals surface area contributed by atoms with E-state index in [9.17, 15) is 4.79 Å². The molecule has 1 heterocycles. The molecule has 3 rings (SSSR count). The zero-order chi connectivity index (χ0) is 19.1. The Morgan fingerprint density at radius 2 is 1.70 bits per heavy atom. The minimum atomic E-state index is 0.000884. The van der Waals surface area contributed by atoms with Gasteiger partial charge >= 0.3 is 0 Å². The van der Waals surface area contributed by atoms with Gasteiger partial charge in [0.25, 0.3) is 0 Å². The van der Waals surface area contributed by atoms with Crippen LogP contribution in [-0.4, -0.2) is 29.9 Å². The number of carbonyl (C=O) groups is 1. The Morgan fingerprint density at radius 1 is 1.00 bits per heavy atom. The predicted molar refractivity (Wildman–Crippen MR) is 107 cm³/mol. The molecule has 1 unspecified atom stereocenters. The van der Waals surface area contributed by atoms with Gasteiger partial charge in [0.1, 0.15) is 5.75 Å². The molecule has 0 aliphatic carbocycles. The Bertz CT molecular complexity index is 849. The third-order valence-electron chi connectivity index (χ3n) is 4.67. The van der Waals surface area contributed by atoms with Crippen molar-refractivity contribution < 1.29 is 9.53 Å². The van der Waals surface area contributed by atoms with Gasteiger partial charge in [0, 0.05) is 38.3 Å². The van der Waals surface area contributed by atoms with Gasteiger partial charge in [-0.1, -0.05) is 48.5 Å². The average molecular weight is 360 g/mol. The highest BCUT2D eigenvalue weighted by molar-refractivity contribution is 5.77. The third-order valence-corrected chi connectivity index (χ3v) is 4.67. The lowest BCUT2D eigenvalue weighted by atomic mass is 9.88. The number of ether oxygens (including phenoxy) is 1. The van der Waals surface area contributed by atoms with E-state index >= 15 is 0 Å². The first-order chi connectivity index (χ1) is 13.2. The van der Waals surface area contributed by atoms with Gasteiger partial charge in [-0.15, -0.1) is 0 Å². The second kappa shape index (κ2) is 8.99. The van der Waals surface area contributed by atoms with Crippen molar-refractivity contribution in [1.29, 1.82) is 0 Å². The Morgan fingerprint density at radius 3 is 2.33 bits per heavy atom. The van der Waals surface area contributed by atoms with E-state index in [1.165, 1.54) is 0 Å². The van der Waals surface area contributed by atoms with Gasteiger partial charge in [-0.3, -0.25) is 9.78 Å². The highest BCUT2D eigenvalue weighted by Crippen LogP contribution is 2.30. The maximum Gasteiger partial charge on any atom is 0.223 e. The van der Waals surface area contributed by atoms with Crippen LogP contribution in [0.15, 0.2) is 79.1 Å². The second-order valence-electron chi connectivity index (χ2n) is 6.55. The van der Waals surface area contributed by atoms with Crippen molar-refractivity contribution in [2.24, 2.45) is 0 Å². The summed E-state index contributed by atoms with van der Waals surface area (Å²) < 4.78 is 5.26. The van der Waals surface area contributed by atoms with Crippen LogP contribution in [0.1, 0.15) is 29.0 Å². The molecule has 27 heavy (non-hydrogen) atoms. The molecule has 0 saturated heterocycles. The summed E-state index contributed by atoms with van der Waals surface area (Å²) in [5.41, 5.74) is 3.25. The number of amides is 1. The number of pyridine rings is 1. The van der Waals surface area contributed by atoms with Crippen LogP contribution in [0.3, 0.4) is 0 Å². The van der Waals surface area contributed by atoms with Gasteiger partial charge < -0.3 is 9.64 Å². The van der Waals surface area contributed by atoms with Gasteiger partial charge in [0.2, 0.25) is 5.91 Å². The summed E-state index contributed by atoms with van der Waals surface area (Å²) in [6.45, 7) is 0.552. The number of benzene rings is 2. The van der Waals surface area contributed by atoms with Crippen molar-refractivity contribution in [1.82, 2.24) is 9.88 Å². The van der Waals surface area contributed by atoms with Gasteiger partial charge in [0.05, 0.1) is 7.11 Å². The van der Waals surface area contributed by atoms with E-state index in [0.29, 0.717) is 13.0 Å². The fraction of sp³-hybridized carbons (Fsp3) is 0.217. The van der Waals surface area contributed by atoms with E-state index in [-0.39, 0.29) is 11.8 Å². The molecule has 0 spiro atoms. The molecule has 0 bridgehead atoms. The number of methoxy groups -OCH3 is 1. The van der Waals surface area contributed by atoms with Crippen LogP contribution < -0.4 is 4.74 Å². The zero-order valence-electron chi connectivity index (χ0n) is 15.7. The fourth-order valence-corrected chi connectivity index (χ4v) is 3.13. The molecule has 2 aromatic carbocycles. The summed E-state index contributed by atoms with van der Waals surface area (Å²) in [6.07, 6.45) is 3.94. The smallest absolute Gasteiger partial charge is 0.223 e. The normalized spacial score (nSPS) is 11.6. The van der Waals surface area contributed by atoms with Crippen molar-refractivity contribution in [3.8, 4) is 5.75 Å². The average Bonchev–Trinajstić information content (AvgIpc) is 2.73. The molecule has 0 radical (unpaired) electrons. The van der Waals surface area contributed by atoms with Crippen LogP contribution in [0.4, 0.5) is 0 Å². The van der Waals surface area contributed by atoms with Gasteiger partial charge in [0.15, 0.2) is 0 Å². The first-order valence-electron chi connectivity index (χ1n) is 8.99. The van der Waals surface area contributed by atoms with Crippen molar-refractivity contribution >= 4 is 5.91 Å². The van der Waals surface area contributed by atoms with Gasteiger partial charge in [-0.05, 0) is 34.9 Å². The van der Waals surface area contributed by atoms with E-state index in [2.05, 4.69) is 17.1 Å². The molecule has 0 N–H and O–H groups in total. The lowest BCUT2D eigenvalue weighted by molar-refractivity contribution is -0.130. The first-order valence-corrected chi connectivity index (χ1v) is 8.99. The van der Waals surface area contributed by atoms with Gasteiger partial charge in [-0.2, -0.15) is 0 Å². The van der Waals surface area contributed by atoms with Crippen molar-refractivity contribution in [3.63, 3.8) is 0 Å². The van der Waals surface area contributed by atoms with E-state index in [4.69, 9.17) is 4.74 Å². The molecule has 4 heteroatoms. The highest BCUT2D eigenvalue weighted by Gasteiger charge is 2.20. The lowest BCUT2D eigenvalue weighted by Crippen LogP contribution is -2.28. The summed E-state index contributed by atoms with van der Waals surface area (Å²) >= 11 is 0. The number of rotatable bonds is 7. The van der Waals surface area contributed by atoms with Gasteiger partial charge in [-0.25, -0.2) is 0 Å². The summed E-state index contributed by atoms with van der Waals surface area (Å²) in [4.78, 5) is 18.8. The minimum absolute atomic E-state index is 0.000884. The Balaban J connectivity index is 1.79. The topological polar surface area (TPSA) is 42.4 Å². The van der Waals surface area contributed by atoms with E-state index in [1.807, 2.05) is 61.6 Å². The van der Waals surface area contributed by atoms with Crippen LogP contribution in [0.25, 0.3) is 0 Å². The standard InChI is InChI=1S/C23H24N2O2/c1-25(17-18-7-6-14-24-16-18)23(26)15-22(19-8-4-3-5-9-19)20-10-12-21(27-2)13-11-20/h3-14,16,22H,15,17H2,1-2H3. The Kier molecular flexibility index (Phi) is 6.21. The third kappa shape index (κ3) is 4.94. The molecule has 0 fully saturated rings. The maximum atomic E-state index is 12.9. The molecule has 138 valence electrons. The molecular formula is C23H24N2O2. The Hall–Kier alpha value is -3.14. The molecule has 1 atom stereocenters. The Labute approximate surface area is 160 Å². The molecule has 1 amide bonds. The molecular weight excluding hydrogens is 336 g/mol. The number of hydrogen-bond donors (Lipinski definition) is 0. The number of carbonyl (C=O) groups excluding carboxylic acids is 1. The van der Waals surface area contributed by atoms with Crippen molar-refractivity contribution in [3.05, 3.63) is 95.8 Å². The fourth-order valence-electron chi connectivity index (χ4n) is 3.13. The van der Waals surface area contributed by atoms with E-state index in [0.717, 1.165) is 22.4 Å². The molecule has 0 aliphatic rings. The van der Waals surface area contributed by atoms with Crippen LogP contribution in [0.2, 0.25) is 0 Å². The minimum Gasteiger partial charge on any atom is -0.497 e. The van der Waals surface area contributed by atoms with Crippen molar-refractivity contribution in [2.45, 2.75) is 18.9 Å². The molecule has 1 aromatic heterocycles. The lowest BCUT2D eigenvalue weighted by Gasteiger charge is -2.22. The predicted octanol–water partition coefficient (Wildman–Crippen LogP) is 4.27. The largest absolute Gasteiger partial charge is 0.497 e. The number of nitrogens with zero attached hydrogens (tertiary/aromatic N) is 2. The second-order valence-corrected chi connectivity index (χ2v) is 6.55. The maximum absolute atomic E-state index is 12.9. The van der Waals surface area contributed by atoms with Crippen LogP contribution in [0.5, 0.6) is 5.75 Å². The molecule has 0 saturated carbocycles. The SMILES string of the molecule is COc1ccc(C(CC(=O)N(C)Cc2cccnc2)c2ccccc2)cc1. The van der Waals surface area contributed by atoms with Crippen LogP contribution in [-0.2, 0) is 11.3 Å². The number of hydrogen-bond acceptors (Lipinski definition) is 3. The summed E-state index contributed by atoms with van der Waals surface area (Å²) in [5, 5.41) is 0. The molecule has 3 aromatic rings. The first kappa shape index (κ1) is 18.6. The molecule has 4 nitrogen and oxygen atoms in total. The zero-order valence-corrected chi connectivity index (χ0v) is 15.7. The van der Waals surface area contributed by atoms with E-state index in [1.54, 1.807) is 24.4 Å². The van der Waals surface area contributed by atoms with Crippen LogP contribution in [0, 0.1) is 0 Å². The quantitative estimate of drug-likeness (QED) is 0.632. The monoisotopic (exact) mass is 360 g/mol. The van der Waals surface area contributed by atoms with Crippen molar-refractivity contribution in [2.75, 3.05) is 14.2 Å². The number of aromatic nitrogens is 1. The summed E-state index contributed by atoms with van der Waals surface area (Å²) in [5.74, 6) is 0.912. The molecule has 0 aliphatic heterocycles.